The van der Waals surface area contributed by atoms with Crippen LogP contribution in [0.4, 0.5) is 0 Å². The van der Waals surface area contributed by atoms with Gasteiger partial charge in [0.15, 0.2) is 0 Å². The molecule has 3 aromatic carbocycles. The fourth-order valence-corrected chi connectivity index (χ4v) is 4.66. The Hall–Kier alpha value is -3.19. The largest absolute Gasteiger partial charge is 0.390 e. The van der Waals surface area contributed by atoms with Gasteiger partial charge >= 0.3 is 0 Å². The van der Waals surface area contributed by atoms with Crippen molar-refractivity contribution in [2.75, 3.05) is 6.61 Å². The molecular weight excluding hydrogens is 454 g/mol. The Bertz CT molecular complexity index is 1080. The van der Waals surface area contributed by atoms with Gasteiger partial charge in [-0.1, -0.05) is 96.1 Å². The highest BCUT2D eigenvalue weighted by Crippen LogP contribution is 2.33. The van der Waals surface area contributed by atoms with Gasteiger partial charge in [0.2, 0.25) is 0 Å². The molecule has 7 heteroatoms. The molecule has 0 unspecified atom stereocenters. The Kier molecular flexibility index (Phi) is 9.91. The van der Waals surface area contributed by atoms with Crippen LogP contribution >= 0.6 is 0 Å². The summed E-state index contributed by atoms with van der Waals surface area (Å²) in [5.41, 5.74) is 12.4. The van der Waals surface area contributed by atoms with Crippen LogP contribution in [0.2, 0.25) is 0 Å². The van der Waals surface area contributed by atoms with Crippen LogP contribution in [0.3, 0.4) is 0 Å². The summed E-state index contributed by atoms with van der Waals surface area (Å²) < 4.78 is 18.9. The zero-order chi connectivity index (χ0) is 25.0. The summed E-state index contributed by atoms with van der Waals surface area (Å²) in [6.07, 6.45) is -0.911. The summed E-state index contributed by atoms with van der Waals surface area (Å²) in [5, 5.41) is 15.2. The molecule has 4 rings (SSSR count). The Morgan fingerprint density at radius 1 is 0.722 bits per heavy atom. The summed E-state index contributed by atoms with van der Waals surface area (Å²) in [6, 6.07) is 29.3. The third-order valence-electron chi connectivity index (χ3n) is 6.57. The highest BCUT2D eigenvalue weighted by atomic mass is 16.6. The van der Waals surface area contributed by atoms with Crippen molar-refractivity contribution >= 4 is 0 Å². The number of azide groups is 1. The quantitative estimate of drug-likeness (QED) is 0.159. The molecule has 0 radical (unpaired) electrons. The predicted molar refractivity (Wildman–Crippen MR) is 138 cm³/mol. The second-order valence-corrected chi connectivity index (χ2v) is 9.10. The van der Waals surface area contributed by atoms with Gasteiger partial charge in [-0.3, -0.25) is 0 Å². The van der Waals surface area contributed by atoms with E-state index in [0.717, 1.165) is 16.7 Å². The standard InChI is InChI=1S/C29H33N3O4/c30-32-31-26-16-17-27(33)29(36-20-24-14-8-3-9-15-24)28(35-19-23-12-6-2-7-13-23)25(26)21-34-18-22-10-4-1-5-11-22/h1-15,25-29,33H,16-21H2/t25-,26+,27+,28+,29+/m0/s1. The van der Waals surface area contributed by atoms with E-state index in [-0.39, 0.29) is 12.0 Å². The summed E-state index contributed by atoms with van der Waals surface area (Å²) >= 11 is 0. The van der Waals surface area contributed by atoms with Crippen molar-refractivity contribution in [1.29, 1.82) is 0 Å². The predicted octanol–water partition coefficient (Wildman–Crippen LogP) is 5.82. The molecule has 0 bridgehead atoms. The summed E-state index contributed by atoms with van der Waals surface area (Å²) in [6.45, 7) is 1.44. The van der Waals surface area contributed by atoms with Crippen molar-refractivity contribution in [2.24, 2.45) is 11.0 Å². The van der Waals surface area contributed by atoms with Gasteiger partial charge in [-0.25, -0.2) is 0 Å². The van der Waals surface area contributed by atoms with Crippen LogP contribution in [0.25, 0.3) is 10.4 Å². The second kappa shape index (κ2) is 13.8. The van der Waals surface area contributed by atoms with Crippen molar-refractivity contribution in [3.63, 3.8) is 0 Å². The van der Waals surface area contributed by atoms with Gasteiger partial charge < -0.3 is 19.3 Å². The zero-order valence-electron chi connectivity index (χ0n) is 20.3. The smallest absolute Gasteiger partial charge is 0.110 e. The fraction of sp³-hybridized carbons (Fsp3) is 0.379. The molecular formula is C29H33N3O4. The van der Waals surface area contributed by atoms with Crippen molar-refractivity contribution in [3.05, 3.63) is 118 Å². The van der Waals surface area contributed by atoms with Gasteiger partial charge in [-0.05, 0) is 35.1 Å². The molecule has 7 nitrogen and oxygen atoms in total. The van der Waals surface area contributed by atoms with Gasteiger partial charge in [0, 0.05) is 16.9 Å². The van der Waals surface area contributed by atoms with E-state index in [9.17, 15) is 10.6 Å². The maximum Gasteiger partial charge on any atom is 0.110 e. The van der Waals surface area contributed by atoms with Crippen molar-refractivity contribution in [3.8, 4) is 0 Å². The molecule has 5 atom stereocenters. The maximum atomic E-state index is 11.1. The minimum absolute atomic E-state index is 0.286. The first kappa shape index (κ1) is 25.9. The molecule has 36 heavy (non-hydrogen) atoms. The minimum atomic E-state index is -0.759. The van der Waals surface area contributed by atoms with E-state index in [2.05, 4.69) is 10.0 Å². The van der Waals surface area contributed by atoms with E-state index in [1.807, 2.05) is 91.0 Å². The SMILES string of the molecule is [N-]=[N+]=N[C@@H]1CC[C@@H](O)[C@@H](OCc2ccccc2)[C@H](OCc2ccccc2)[C@H]1COCc1ccccc1. The molecule has 0 aliphatic heterocycles. The normalized spacial score (nSPS) is 24.0. The van der Waals surface area contributed by atoms with E-state index in [1.54, 1.807) is 0 Å². The molecule has 1 aliphatic carbocycles. The lowest BCUT2D eigenvalue weighted by Crippen LogP contribution is -2.47. The highest BCUT2D eigenvalue weighted by Gasteiger charge is 2.43. The lowest BCUT2D eigenvalue weighted by Gasteiger charge is -2.35. The first-order chi connectivity index (χ1) is 17.7. The number of aliphatic hydroxyl groups excluding tert-OH is 1. The van der Waals surface area contributed by atoms with Crippen LogP contribution in [-0.4, -0.2) is 36.1 Å². The van der Waals surface area contributed by atoms with E-state index in [0.29, 0.717) is 39.3 Å². The Morgan fingerprint density at radius 2 is 1.22 bits per heavy atom. The average molecular weight is 488 g/mol. The van der Waals surface area contributed by atoms with Crippen molar-refractivity contribution in [1.82, 2.24) is 0 Å². The Labute approximate surface area is 212 Å². The van der Waals surface area contributed by atoms with Crippen LogP contribution in [0, 0.1) is 5.92 Å². The number of ether oxygens (including phenoxy) is 3. The fourth-order valence-electron chi connectivity index (χ4n) is 4.66. The monoisotopic (exact) mass is 487 g/mol. The van der Waals surface area contributed by atoms with Crippen molar-refractivity contribution < 1.29 is 19.3 Å². The molecule has 0 amide bonds. The van der Waals surface area contributed by atoms with Gasteiger partial charge in [0.1, 0.15) is 6.10 Å². The third kappa shape index (κ3) is 7.40. The van der Waals surface area contributed by atoms with E-state index >= 15 is 0 Å². The average Bonchev–Trinajstić information content (AvgIpc) is 3.04. The summed E-state index contributed by atoms with van der Waals surface area (Å²) in [7, 11) is 0. The highest BCUT2D eigenvalue weighted by molar-refractivity contribution is 5.15. The minimum Gasteiger partial charge on any atom is -0.390 e. The molecule has 0 spiro atoms. The molecule has 1 fully saturated rings. The Balaban J connectivity index is 1.56. The molecule has 1 saturated carbocycles. The topological polar surface area (TPSA) is 96.7 Å². The molecule has 0 heterocycles. The number of aliphatic hydroxyl groups is 1. The first-order valence-electron chi connectivity index (χ1n) is 12.4. The van der Waals surface area contributed by atoms with Crippen LogP contribution in [0.5, 0.6) is 0 Å². The summed E-state index contributed by atoms with van der Waals surface area (Å²) in [4.78, 5) is 3.11. The lowest BCUT2D eigenvalue weighted by molar-refractivity contribution is -0.153. The third-order valence-corrected chi connectivity index (χ3v) is 6.57. The van der Waals surface area contributed by atoms with Crippen molar-refractivity contribution in [2.45, 2.75) is 57.0 Å². The first-order valence-corrected chi connectivity index (χ1v) is 12.4. The maximum absolute atomic E-state index is 11.1. The Morgan fingerprint density at radius 3 is 1.75 bits per heavy atom. The van der Waals surface area contributed by atoms with E-state index in [4.69, 9.17) is 14.2 Å². The summed E-state index contributed by atoms with van der Waals surface area (Å²) in [5.74, 6) is -0.286. The zero-order valence-corrected chi connectivity index (χ0v) is 20.3. The molecule has 0 saturated heterocycles. The molecule has 1 N–H and O–H groups in total. The number of benzene rings is 3. The second-order valence-electron chi connectivity index (χ2n) is 9.10. The van der Waals surface area contributed by atoms with Gasteiger partial charge in [0.05, 0.1) is 38.6 Å². The van der Waals surface area contributed by atoms with Crippen LogP contribution in [0.15, 0.2) is 96.1 Å². The van der Waals surface area contributed by atoms with Crippen LogP contribution in [-0.2, 0) is 34.0 Å². The van der Waals surface area contributed by atoms with Gasteiger partial charge in [-0.15, -0.1) is 0 Å². The number of hydrogen-bond donors (Lipinski definition) is 1. The number of hydrogen-bond acceptors (Lipinski definition) is 5. The van der Waals surface area contributed by atoms with E-state index < -0.39 is 18.3 Å². The molecule has 1 aliphatic rings. The van der Waals surface area contributed by atoms with Gasteiger partial charge in [-0.2, -0.15) is 0 Å². The number of rotatable bonds is 11. The number of nitrogens with zero attached hydrogens (tertiary/aromatic N) is 3. The molecule has 3 aromatic rings. The van der Waals surface area contributed by atoms with Crippen LogP contribution < -0.4 is 0 Å². The molecule has 188 valence electrons. The van der Waals surface area contributed by atoms with Crippen LogP contribution in [0.1, 0.15) is 29.5 Å². The lowest BCUT2D eigenvalue weighted by atomic mass is 9.92. The van der Waals surface area contributed by atoms with Gasteiger partial charge in [0.25, 0.3) is 0 Å². The van der Waals surface area contributed by atoms with E-state index in [1.165, 1.54) is 0 Å². The molecule has 0 aromatic heterocycles.